The number of hydrogen-bond acceptors (Lipinski definition) is 7. The van der Waals surface area contributed by atoms with Crippen molar-refractivity contribution in [1.29, 1.82) is 0 Å². The first-order valence-electron chi connectivity index (χ1n) is 7.20. The maximum Gasteiger partial charge on any atom is 0.240 e. The van der Waals surface area contributed by atoms with Crippen molar-refractivity contribution in [3.63, 3.8) is 0 Å². The number of sulfonamides is 2. The normalized spacial score (nSPS) is 12.2. The molecule has 12 heteroatoms. The van der Waals surface area contributed by atoms with E-state index in [-0.39, 0.29) is 16.3 Å². The number of nitrogens with two attached hydrogens (primary N) is 1. The van der Waals surface area contributed by atoms with Crippen LogP contribution in [0.3, 0.4) is 0 Å². The Morgan fingerprint density at radius 2 is 1.73 bits per heavy atom. The van der Waals surface area contributed by atoms with Gasteiger partial charge in [-0.3, -0.25) is 4.98 Å². The molecule has 2 aromatic heterocycles. The van der Waals surface area contributed by atoms with Crippen LogP contribution >= 0.6 is 0 Å². The van der Waals surface area contributed by atoms with E-state index in [1.165, 1.54) is 4.68 Å². The van der Waals surface area contributed by atoms with Crippen molar-refractivity contribution < 1.29 is 16.8 Å². The first-order valence-corrected chi connectivity index (χ1v) is 10.2. The van der Waals surface area contributed by atoms with Crippen molar-refractivity contribution in [2.45, 2.75) is 16.3 Å². The van der Waals surface area contributed by atoms with Gasteiger partial charge in [-0.1, -0.05) is 5.21 Å². The molecule has 0 unspecified atom stereocenters. The molecule has 0 radical (unpaired) electrons. The fraction of sp³-hybridized carbons (Fsp3) is 0.0714. The van der Waals surface area contributed by atoms with Gasteiger partial charge in [-0.05, 0) is 36.4 Å². The average Bonchev–Trinajstić information content (AvgIpc) is 3.09. The van der Waals surface area contributed by atoms with Gasteiger partial charge in [0.15, 0.2) is 0 Å². The van der Waals surface area contributed by atoms with Crippen LogP contribution < -0.4 is 9.86 Å². The van der Waals surface area contributed by atoms with Crippen LogP contribution in [0.15, 0.2) is 64.8 Å². The fourth-order valence-corrected chi connectivity index (χ4v) is 3.57. The fourth-order valence-electron chi connectivity index (χ4n) is 2.06. The van der Waals surface area contributed by atoms with E-state index in [4.69, 9.17) is 5.14 Å². The predicted octanol–water partition coefficient (Wildman–Crippen LogP) is -0.212. The summed E-state index contributed by atoms with van der Waals surface area (Å²) in [6, 6.07) is 8.10. The Kier molecular flexibility index (Phi) is 4.82. The van der Waals surface area contributed by atoms with Gasteiger partial charge in [-0.2, -0.15) is 0 Å². The van der Waals surface area contributed by atoms with Crippen LogP contribution in [0.2, 0.25) is 0 Å². The van der Waals surface area contributed by atoms with Crippen LogP contribution in [0.1, 0.15) is 5.69 Å². The Morgan fingerprint density at radius 3 is 2.35 bits per heavy atom. The number of nitrogens with zero attached hydrogens (tertiary/aromatic N) is 4. The minimum Gasteiger partial charge on any atom is -0.262 e. The molecule has 0 aliphatic heterocycles. The molecule has 10 nitrogen and oxygen atoms in total. The molecule has 3 N–H and O–H groups in total. The number of rotatable bonds is 6. The van der Waals surface area contributed by atoms with Crippen molar-refractivity contribution in [3.8, 4) is 5.69 Å². The number of benzene rings is 1. The number of pyridine rings is 1. The minimum absolute atomic E-state index is 0.0838. The van der Waals surface area contributed by atoms with Gasteiger partial charge in [-0.25, -0.2) is 31.4 Å². The summed E-state index contributed by atoms with van der Waals surface area (Å²) >= 11 is 0. The third-order valence-corrected chi connectivity index (χ3v) is 5.70. The molecule has 0 fully saturated rings. The Morgan fingerprint density at radius 1 is 1.04 bits per heavy atom. The summed E-state index contributed by atoms with van der Waals surface area (Å²) in [5.74, 6) is 0. The number of primary sulfonamides is 1. The van der Waals surface area contributed by atoms with E-state index >= 15 is 0 Å². The van der Waals surface area contributed by atoms with Gasteiger partial charge < -0.3 is 0 Å². The second-order valence-electron chi connectivity index (χ2n) is 5.21. The van der Waals surface area contributed by atoms with Crippen molar-refractivity contribution in [3.05, 3.63) is 60.7 Å². The van der Waals surface area contributed by atoms with Crippen LogP contribution in [-0.4, -0.2) is 36.8 Å². The van der Waals surface area contributed by atoms with Crippen LogP contribution in [0.25, 0.3) is 5.69 Å². The van der Waals surface area contributed by atoms with Crippen molar-refractivity contribution in [1.82, 2.24) is 24.7 Å². The summed E-state index contributed by atoms with van der Waals surface area (Å²) in [6.07, 6.45) is 4.79. The monoisotopic (exact) mass is 394 g/mol. The third kappa shape index (κ3) is 4.11. The van der Waals surface area contributed by atoms with E-state index < -0.39 is 20.0 Å². The summed E-state index contributed by atoms with van der Waals surface area (Å²) in [6.45, 7) is -0.0838. The molecule has 0 amide bonds. The SMILES string of the molecule is NS(=O)(=O)c1ccc(S(=O)(=O)NCc2cn(-c3cccnc3)nn2)cc1. The molecule has 0 atom stereocenters. The Hall–Kier alpha value is -2.67. The van der Waals surface area contributed by atoms with Gasteiger partial charge in [0.2, 0.25) is 20.0 Å². The number of hydrogen-bond donors (Lipinski definition) is 2. The molecule has 136 valence electrons. The average molecular weight is 394 g/mol. The van der Waals surface area contributed by atoms with Gasteiger partial charge in [0.05, 0.1) is 40.1 Å². The quantitative estimate of drug-likeness (QED) is 0.587. The predicted molar refractivity (Wildman–Crippen MR) is 91.0 cm³/mol. The second kappa shape index (κ2) is 6.92. The van der Waals surface area contributed by atoms with Crippen LogP contribution in [-0.2, 0) is 26.6 Å². The summed E-state index contributed by atoms with van der Waals surface area (Å²) < 4.78 is 50.8. The van der Waals surface area contributed by atoms with Gasteiger partial charge in [0, 0.05) is 6.20 Å². The molecule has 3 aromatic rings. The highest BCUT2D eigenvalue weighted by atomic mass is 32.2. The molecular weight excluding hydrogens is 380 g/mol. The first kappa shape index (κ1) is 18.1. The van der Waals surface area contributed by atoms with Crippen LogP contribution in [0.5, 0.6) is 0 Å². The lowest BCUT2D eigenvalue weighted by atomic mass is 10.4. The Labute approximate surface area is 149 Å². The lowest BCUT2D eigenvalue weighted by Gasteiger charge is -2.06. The number of aromatic nitrogens is 4. The molecule has 0 aliphatic rings. The maximum atomic E-state index is 12.3. The summed E-state index contributed by atoms with van der Waals surface area (Å²) in [7, 11) is -7.74. The molecule has 0 saturated carbocycles. The molecule has 2 heterocycles. The zero-order valence-electron chi connectivity index (χ0n) is 13.2. The topological polar surface area (TPSA) is 150 Å². The zero-order valence-corrected chi connectivity index (χ0v) is 14.9. The highest BCUT2D eigenvalue weighted by Crippen LogP contribution is 2.13. The zero-order chi connectivity index (χ0) is 18.8. The van der Waals surface area contributed by atoms with E-state index in [9.17, 15) is 16.8 Å². The first-order chi connectivity index (χ1) is 12.3. The van der Waals surface area contributed by atoms with Gasteiger partial charge in [0.1, 0.15) is 0 Å². The van der Waals surface area contributed by atoms with E-state index in [1.807, 2.05) is 0 Å². The Balaban J connectivity index is 1.72. The van der Waals surface area contributed by atoms with E-state index in [0.717, 1.165) is 24.3 Å². The maximum absolute atomic E-state index is 12.3. The molecule has 0 aliphatic carbocycles. The summed E-state index contributed by atoms with van der Waals surface area (Å²) in [5, 5.41) is 12.8. The molecule has 3 rings (SSSR count). The standard InChI is InChI=1S/C14H14N6O4S2/c15-25(21,22)13-3-5-14(6-4-13)26(23,24)17-8-11-10-20(19-18-11)12-2-1-7-16-9-12/h1-7,9-10,17H,8H2,(H2,15,21,22). The number of nitrogens with one attached hydrogen (secondary N) is 1. The van der Waals surface area contributed by atoms with E-state index in [2.05, 4.69) is 20.0 Å². The molecule has 1 aromatic carbocycles. The van der Waals surface area contributed by atoms with Gasteiger partial charge >= 0.3 is 0 Å². The molecule has 0 spiro atoms. The smallest absolute Gasteiger partial charge is 0.240 e. The highest BCUT2D eigenvalue weighted by molar-refractivity contribution is 7.89. The molecule has 0 saturated heterocycles. The summed E-state index contributed by atoms with van der Waals surface area (Å²) in [4.78, 5) is 3.70. The van der Waals surface area contributed by atoms with Crippen molar-refractivity contribution in [2.75, 3.05) is 0 Å². The van der Waals surface area contributed by atoms with Crippen molar-refractivity contribution >= 4 is 20.0 Å². The van der Waals surface area contributed by atoms with Gasteiger partial charge in [-0.15, -0.1) is 5.10 Å². The minimum atomic E-state index is -3.89. The van der Waals surface area contributed by atoms with E-state index in [0.29, 0.717) is 11.4 Å². The van der Waals surface area contributed by atoms with Crippen LogP contribution in [0.4, 0.5) is 0 Å². The molecular formula is C14H14N6O4S2. The Bertz CT molecular complexity index is 1110. The molecule has 0 bridgehead atoms. The van der Waals surface area contributed by atoms with Crippen LogP contribution in [0, 0.1) is 0 Å². The second-order valence-corrected chi connectivity index (χ2v) is 8.54. The lowest BCUT2D eigenvalue weighted by Crippen LogP contribution is -2.23. The van der Waals surface area contributed by atoms with Gasteiger partial charge in [0.25, 0.3) is 0 Å². The highest BCUT2D eigenvalue weighted by Gasteiger charge is 2.16. The largest absolute Gasteiger partial charge is 0.262 e. The summed E-state index contributed by atoms with van der Waals surface area (Å²) in [5.41, 5.74) is 1.09. The third-order valence-electron chi connectivity index (χ3n) is 3.36. The molecule has 26 heavy (non-hydrogen) atoms. The lowest BCUT2D eigenvalue weighted by molar-refractivity contribution is 0.579. The van der Waals surface area contributed by atoms with Crippen molar-refractivity contribution in [2.24, 2.45) is 5.14 Å². The van der Waals surface area contributed by atoms with E-state index in [1.54, 1.807) is 30.7 Å².